The highest BCUT2D eigenvalue weighted by Crippen LogP contribution is 2.31. The van der Waals surface area contributed by atoms with Crippen LogP contribution < -0.4 is 10.6 Å². The summed E-state index contributed by atoms with van der Waals surface area (Å²) in [6.07, 6.45) is -5.85. The normalized spacial score (nSPS) is 18.9. The first-order chi connectivity index (χ1) is 15.9. The van der Waals surface area contributed by atoms with Gasteiger partial charge in [-0.3, -0.25) is 19.3 Å². The van der Waals surface area contributed by atoms with Gasteiger partial charge in [0.1, 0.15) is 12.1 Å². The number of halogens is 3. The molecule has 0 aliphatic carbocycles. The van der Waals surface area contributed by atoms with Gasteiger partial charge in [-0.25, -0.2) is 4.79 Å². The van der Waals surface area contributed by atoms with Crippen LogP contribution in [0.5, 0.6) is 0 Å². The van der Waals surface area contributed by atoms with Crippen molar-refractivity contribution < 1.29 is 37.1 Å². The first-order valence-electron chi connectivity index (χ1n) is 10.3. The lowest BCUT2D eigenvalue weighted by Crippen LogP contribution is -2.43. The Balaban J connectivity index is 1.78. The minimum atomic E-state index is -4.61. The lowest BCUT2D eigenvalue weighted by molar-refractivity contribution is -0.156. The lowest BCUT2D eigenvalue weighted by Gasteiger charge is -2.21. The van der Waals surface area contributed by atoms with Crippen molar-refractivity contribution >= 4 is 29.5 Å². The number of esters is 1. The van der Waals surface area contributed by atoms with Crippen molar-refractivity contribution in [3.8, 4) is 0 Å². The highest BCUT2D eigenvalue weighted by molar-refractivity contribution is 6.08. The monoisotopic (exact) mass is 477 g/mol. The molecule has 0 aromatic heterocycles. The van der Waals surface area contributed by atoms with E-state index in [1.54, 1.807) is 25.1 Å². The van der Waals surface area contributed by atoms with Crippen LogP contribution in [0.4, 0.5) is 23.7 Å². The Morgan fingerprint density at radius 2 is 1.79 bits per heavy atom. The van der Waals surface area contributed by atoms with Crippen molar-refractivity contribution in [1.29, 1.82) is 0 Å². The van der Waals surface area contributed by atoms with E-state index in [0.29, 0.717) is 11.3 Å². The summed E-state index contributed by atoms with van der Waals surface area (Å²) in [6.45, 7) is 2.48. The molecule has 1 fully saturated rings. The number of hydrogen-bond donors (Lipinski definition) is 2. The molecular weight excluding hydrogens is 455 g/mol. The molecule has 0 bridgehead atoms. The minimum absolute atomic E-state index is 0.149. The fraction of sp³-hybridized carbons (Fsp3) is 0.304. The zero-order valence-electron chi connectivity index (χ0n) is 18.3. The number of rotatable bonds is 7. The molecule has 1 saturated heterocycles. The molecule has 2 unspecified atom stereocenters. The maximum absolute atomic E-state index is 13.0. The molecule has 2 aromatic carbocycles. The summed E-state index contributed by atoms with van der Waals surface area (Å²) in [5.74, 6) is -2.56. The molecule has 1 heterocycles. The fourth-order valence-electron chi connectivity index (χ4n) is 3.31. The molecule has 2 aromatic rings. The van der Waals surface area contributed by atoms with E-state index in [1.807, 2.05) is 0 Å². The second-order valence-electron chi connectivity index (χ2n) is 7.86. The van der Waals surface area contributed by atoms with Gasteiger partial charge in [0.25, 0.3) is 11.8 Å². The number of carbonyl (C=O) groups is 4. The summed E-state index contributed by atoms with van der Waals surface area (Å²) in [5.41, 5.74) is -2.02. The molecule has 11 heteroatoms. The summed E-state index contributed by atoms with van der Waals surface area (Å²) in [5, 5.41) is 4.82. The molecular formula is C23H22F3N3O5. The third-order valence-corrected chi connectivity index (χ3v) is 5.39. The number of anilines is 1. The summed E-state index contributed by atoms with van der Waals surface area (Å²) in [7, 11) is 0. The van der Waals surface area contributed by atoms with E-state index in [9.17, 15) is 32.3 Å². The molecule has 2 N–H and O–H groups in total. The van der Waals surface area contributed by atoms with Gasteiger partial charge in [-0.1, -0.05) is 43.3 Å². The molecule has 180 valence electrons. The van der Waals surface area contributed by atoms with Crippen molar-refractivity contribution in [3.05, 3.63) is 65.7 Å². The number of urea groups is 1. The number of carbonyl (C=O) groups excluding carboxylic acids is 4. The SMILES string of the molecule is CCC1(C)NC(=O)N(CC(=O)OC(C(=O)Nc2cccc(C(F)(F)F)c2)c2ccccc2)C1=O. The summed E-state index contributed by atoms with van der Waals surface area (Å²) in [4.78, 5) is 50.8. The van der Waals surface area contributed by atoms with Gasteiger partial charge in [0.2, 0.25) is 6.10 Å². The third-order valence-electron chi connectivity index (χ3n) is 5.39. The number of amides is 4. The van der Waals surface area contributed by atoms with E-state index in [0.717, 1.165) is 18.2 Å². The minimum Gasteiger partial charge on any atom is -0.446 e. The molecule has 3 rings (SSSR count). The van der Waals surface area contributed by atoms with E-state index in [-0.39, 0.29) is 11.3 Å². The van der Waals surface area contributed by atoms with Crippen molar-refractivity contribution in [3.63, 3.8) is 0 Å². The zero-order valence-corrected chi connectivity index (χ0v) is 18.3. The van der Waals surface area contributed by atoms with Crippen LogP contribution in [0.2, 0.25) is 0 Å². The van der Waals surface area contributed by atoms with Crippen molar-refractivity contribution in [2.75, 3.05) is 11.9 Å². The molecule has 0 saturated carbocycles. The summed E-state index contributed by atoms with van der Waals surface area (Å²) >= 11 is 0. The van der Waals surface area contributed by atoms with E-state index in [1.165, 1.54) is 25.1 Å². The Labute approximate surface area is 193 Å². The number of imide groups is 1. The van der Waals surface area contributed by atoms with E-state index < -0.39 is 53.7 Å². The molecule has 1 aliphatic rings. The van der Waals surface area contributed by atoms with Gasteiger partial charge in [-0.15, -0.1) is 0 Å². The summed E-state index contributed by atoms with van der Waals surface area (Å²) in [6, 6.07) is 11.0. The van der Waals surface area contributed by atoms with E-state index in [4.69, 9.17) is 4.74 Å². The Hall–Kier alpha value is -3.89. The molecule has 1 aliphatic heterocycles. The van der Waals surface area contributed by atoms with Crippen molar-refractivity contribution in [1.82, 2.24) is 10.2 Å². The number of nitrogens with one attached hydrogen (secondary N) is 2. The molecule has 8 nitrogen and oxygen atoms in total. The van der Waals surface area contributed by atoms with Crippen molar-refractivity contribution in [2.24, 2.45) is 0 Å². The molecule has 0 spiro atoms. The molecule has 2 atom stereocenters. The van der Waals surface area contributed by atoms with Gasteiger partial charge in [-0.05, 0) is 31.5 Å². The van der Waals surface area contributed by atoms with Crippen LogP contribution in [0, 0.1) is 0 Å². The Bertz CT molecular complexity index is 1110. The van der Waals surface area contributed by atoms with Crippen LogP contribution in [0.3, 0.4) is 0 Å². The van der Waals surface area contributed by atoms with Crippen LogP contribution in [0.25, 0.3) is 0 Å². The number of alkyl halides is 3. The zero-order chi connectivity index (χ0) is 25.1. The standard InChI is InChI=1S/C23H22F3N3O5/c1-3-22(2)20(32)29(21(33)28-22)13-17(30)34-18(14-8-5-4-6-9-14)19(31)27-16-11-7-10-15(12-16)23(24,25)26/h4-12,18H,3,13H2,1-2H3,(H,27,31)(H,28,33). The van der Waals surface area contributed by atoms with Gasteiger partial charge in [0.15, 0.2) is 0 Å². The third kappa shape index (κ3) is 5.36. The second-order valence-corrected chi connectivity index (χ2v) is 7.86. The van der Waals surface area contributed by atoms with Gasteiger partial charge in [-0.2, -0.15) is 13.2 Å². The molecule has 34 heavy (non-hydrogen) atoms. The van der Waals surface area contributed by atoms with Crippen molar-refractivity contribution in [2.45, 2.75) is 38.1 Å². The lowest BCUT2D eigenvalue weighted by atomic mass is 9.99. The van der Waals surface area contributed by atoms with Gasteiger partial charge < -0.3 is 15.4 Å². The van der Waals surface area contributed by atoms with E-state index >= 15 is 0 Å². The number of hydrogen-bond acceptors (Lipinski definition) is 5. The van der Waals surface area contributed by atoms with Crippen LogP contribution in [-0.2, 0) is 25.3 Å². The number of ether oxygens (including phenoxy) is 1. The van der Waals surface area contributed by atoms with Crippen LogP contribution in [0.1, 0.15) is 37.5 Å². The summed E-state index contributed by atoms with van der Waals surface area (Å²) < 4.78 is 44.3. The quantitative estimate of drug-likeness (QED) is 0.468. The van der Waals surface area contributed by atoms with Crippen LogP contribution in [-0.4, -0.2) is 40.8 Å². The van der Waals surface area contributed by atoms with Gasteiger partial charge in [0, 0.05) is 11.3 Å². The Morgan fingerprint density at radius 3 is 2.38 bits per heavy atom. The Kier molecular flexibility index (Phi) is 6.94. The maximum atomic E-state index is 13.0. The number of benzene rings is 2. The van der Waals surface area contributed by atoms with Gasteiger partial charge >= 0.3 is 18.2 Å². The predicted molar refractivity (Wildman–Crippen MR) is 114 cm³/mol. The number of nitrogens with zero attached hydrogens (tertiary/aromatic N) is 1. The fourth-order valence-corrected chi connectivity index (χ4v) is 3.31. The average Bonchev–Trinajstić information content (AvgIpc) is 3.01. The average molecular weight is 477 g/mol. The van der Waals surface area contributed by atoms with Crippen LogP contribution in [0.15, 0.2) is 54.6 Å². The van der Waals surface area contributed by atoms with Crippen LogP contribution >= 0.6 is 0 Å². The first kappa shape index (κ1) is 24.7. The topological polar surface area (TPSA) is 105 Å². The molecule has 0 radical (unpaired) electrons. The largest absolute Gasteiger partial charge is 0.446 e. The first-order valence-corrected chi connectivity index (χ1v) is 10.3. The second kappa shape index (κ2) is 9.54. The maximum Gasteiger partial charge on any atom is 0.416 e. The smallest absolute Gasteiger partial charge is 0.416 e. The molecule has 4 amide bonds. The van der Waals surface area contributed by atoms with Gasteiger partial charge in [0.05, 0.1) is 5.56 Å². The predicted octanol–water partition coefficient (Wildman–Crippen LogP) is 3.65. The highest BCUT2D eigenvalue weighted by Gasteiger charge is 2.47. The van der Waals surface area contributed by atoms with E-state index in [2.05, 4.69) is 10.6 Å². The Morgan fingerprint density at radius 1 is 1.12 bits per heavy atom. The highest BCUT2D eigenvalue weighted by atomic mass is 19.4.